The van der Waals surface area contributed by atoms with E-state index in [4.69, 9.17) is 0 Å². The molecule has 5 heteroatoms. The third kappa shape index (κ3) is 2.42. The summed E-state index contributed by atoms with van der Waals surface area (Å²) in [5.41, 5.74) is -0.0332. The van der Waals surface area contributed by atoms with Gasteiger partial charge < -0.3 is 9.84 Å². The van der Waals surface area contributed by atoms with Gasteiger partial charge in [-0.05, 0) is 22.4 Å². The number of esters is 1. The minimum atomic E-state index is -3.97. The number of alkyl halides is 2. The first-order valence-corrected chi connectivity index (χ1v) is 5.60. The Balaban J connectivity index is 2.41. The average Bonchev–Trinajstić information content (AvgIpc) is 2.44. The van der Waals surface area contributed by atoms with Gasteiger partial charge in [-0.2, -0.15) is 8.78 Å². The third-order valence-electron chi connectivity index (χ3n) is 2.89. The molecule has 0 aromatic heterocycles. The number of aliphatic hydroxyl groups is 1. The quantitative estimate of drug-likeness (QED) is 0.869. The smallest absolute Gasteiger partial charge is 0.379 e. The van der Waals surface area contributed by atoms with E-state index in [1.165, 1.54) is 12.1 Å². The van der Waals surface area contributed by atoms with Crippen LogP contribution in [0.1, 0.15) is 11.7 Å². The van der Waals surface area contributed by atoms with E-state index in [0.29, 0.717) is 5.39 Å². The van der Waals surface area contributed by atoms with E-state index >= 15 is 0 Å². The predicted octanol–water partition coefficient (Wildman–Crippen LogP) is 2.68. The number of rotatable bonds is 3. The molecule has 2 aromatic rings. The van der Waals surface area contributed by atoms with Gasteiger partial charge in [0.15, 0.2) is 6.10 Å². The maximum atomic E-state index is 13.6. The number of carbonyl (C=O) groups excluding carboxylic acids is 1. The molecule has 3 nitrogen and oxygen atoms in total. The lowest BCUT2D eigenvalue weighted by Gasteiger charge is -2.20. The van der Waals surface area contributed by atoms with Crippen molar-refractivity contribution in [3.8, 4) is 0 Å². The lowest BCUT2D eigenvalue weighted by atomic mass is 10.00. The Morgan fingerprint density at radius 1 is 1.21 bits per heavy atom. The first kappa shape index (κ1) is 13.4. The SMILES string of the molecule is COC(=O)C(F)(F)C(O)c1ccc2ccccc2c1. The Bertz CT molecular complexity index is 610. The summed E-state index contributed by atoms with van der Waals surface area (Å²) in [6.45, 7) is 0. The molecule has 0 aliphatic heterocycles. The Morgan fingerprint density at radius 2 is 1.84 bits per heavy atom. The highest BCUT2D eigenvalue weighted by Gasteiger charge is 2.48. The number of ether oxygens (including phenoxy) is 1. The molecule has 0 amide bonds. The number of hydrogen-bond donors (Lipinski definition) is 1. The first-order chi connectivity index (χ1) is 8.96. The summed E-state index contributed by atoms with van der Waals surface area (Å²) in [6.07, 6.45) is -2.23. The van der Waals surface area contributed by atoms with Crippen molar-refractivity contribution in [2.24, 2.45) is 0 Å². The normalized spacial score (nSPS) is 13.3. The van der Waals surface area contributed by atoms with Crippen molar-refractivity contribution >= 4 is 16.7 Å². The van der Waals surface area contributed by atoms with Crippen molar-refractivity contribution in [3.05, 3.63) is 48.0 Å². The van der Waals surface area contributed by atoms with Crippen molar-refractivity contribution in [1.82, 2.24) is 0 Å². The summed E-state index contributed by atoms with van der Waals surface area (Å²) in [7, 11) is 0.851. The van der Waals surface area contributed by atoms with Crippen LogP contribution in [0.5, 0.6) is 0 Å². The van der Waals surface area contributed by atoms with E-state index < -0.39 is 18.0 Å². The van der Waals surface area contributed by atoms with Gasteiger partial charge in [0.1, 0.15) is 0 Å². The molecule has 2 aromatic carbocycles. The number of fused-ring (bicyclic) bond motifs is 1. The van der Waals surface area contributed by atoms with Gasteiger partial charge in [0.25, 0.3) is 0 Å². The molecule has 19 heavy (non-hydrogen) atoms. The molecule has 0 bridgehead atoms. The Labute approximate surface area is 108 Å². The second-order valence-corrected chi connectivity index (χ2v) is 4.12. The summed E-state index contributed by atoms with van der Waals surface area (Å²) in [5, 5.41) is 11.2. The lowest BCUT2D eigenvalue weighted by Crippen LogP contribution is -2.36. The Kier molecular flexibility index (Phi) is 3.48. The molecule has 0 aliphatic rings. The fourth-order valence-corrected chi connectivity index (χ4v) is 1.83. The molecule has 1 unspecified atom stereocenters. The zero-order chi connectivity index (χ0) is 14.0. The van der Waals surface area contributed by atoms with Crippen LogP contribution in [0.3, 0.4) is 0 Å². The molecule has 1 N–H and O–H groups in total. The fraction of sp³-hybridized carbons (Fsp3) is 0.214. The Hall–Kier alpha value is -2.01. The van der Waals surface area contributed by atoms with Crippen LogP contribution in [0, 0.1) is 0 Å². The molecule has 0 saturated carbocycles. The number of hydrogen-bond acceptors (Lipinski definition) is 3. The van der Waals surface area contributed by atoms with Crippen LogP contribution in [0.2, 0.25) is 0 Å². The highest BCUT2D eigenvalue weighted by Crippen LogP contribution is 2.33. The predicted molar refractivity (Wildman–Crippen MR) is 65.9 cm³/mol. The van der Waals surface area contributed by atoms with Crippen LogP contribution < -0.4 is 0 Å². The van der Waals surface area contributed by atoms with E-state index in [2.05, 4.69) is 4.74 Å². The van der Waals surface area contributed by atoms with Gasteiger partial charge >= 0.3 is 11.9 Å². The second-order valence-electron chi connectivity index (χ2n) is 4.12. The standard InChI is InChI=1S/C14H12F2O3/c1-19-13(18)14(15,16)12(17)11-7-6-9-4-2-3-5-10(9)8-11/h2-8,12,17H,1H3. The van der Waals surface area contributed by atoms with Gasteiger partial charge in [0, 0.05) is 0 Å². The zero-order valence-corrected chi connectivity index (χ0v) is 10.1. The number of halogens is 2. The molecule has 1 atom stereocenters. The van der Waals surface area contributed by atoms with Crippen LogP contribution in [0.4, 0.5) is 8.78 Å². The van der Waals surface area contributed by atoms with Crippen LogP contribution in [-0.4, -0.2) is 24.1 Å². The van der Waals surface area contributed by atoms with E-state index in [9.17, 15) is 18.7 Å². The molecule has 2 rings (SSSR count). The zero-order valence-electron chi connectivity index (χ0n) is 10.1. The summed E-state index contributed by atoms with van der Waals surface area (Å²) in [5.74, 6) is -5.73. The van der Waals surface area contributed by atoms with Crippen molar-refractivity contribution < 1.29 is 23.4 Å². The fourth-order valence-electron chi connectivity index (χ4n) is 1.83. The van der Waals surface area contributed by atoms with Crippen molar-refractivity contribution in [2.45, 2.75) is 12.0 Å². The molecule has 0 heterocycles. The van der Waals surface area contributed by atoms with Crippen LogP contribution in [0.15, 0.2) is 42.5 Å². The molecule has 0 aliphatic carbocycles. The van der Waals surface area contributed by atoms with Gasteiger partial charge in [-0.1, -0.05) is 36.4 Å². The number of methoxy groups -OCH3 is 1. The molecule has 0 radical (unpaired) electrons. The van der Waals surface area contributed by atoms with Gasteiger partial charge in [-0.25, -0.2) is 4.79 Å². The van der Waals surface area contributed by atoms with Gasteiger partial charge in [-0.15, -0.1) is 0 Å². The van der Waals surface area contributed by atoms with Gasteiger partial charge in [0.2, 0.25) is 0 Å². The van der Waals surface area contributed by atoms with Gasteiger partial charge in [-0.3, -0.25) is 0 Å². The van der Waals surface area contributed by atoms with E-state index in [-0.39, 0.29) is 5.56 Å². The topological polar surface area (TPSA) is 46.5 Å². The highest BCUT2D eigenvalue weighted by atomic mass is 19.3. The monoisotopic (exact) mass is 266 g/mol. The van der Waals surface area contributed by atoms with E-state index in [1.54, 1.807) is 18.2 Å². The second kappa shape index (κ2) is 4.93. The number of aliphatic hydroxyl groups excluding tert-OH is 1. The van der Waals surface area contributed by atoms with E-state index in [0.717, 1.165) is 12.5 Å². The molecular formula is C14H12F2O3. The van der Waals surface area contributed by atoms with Crippen molar-refractivity contribution in [1.29, 1.82) is 0 Å². The summed E-state index contributed by atoms with van der Waals surface area (Å²) >= 11 is 0. The maximum absolute atomic E-state index is 13.6. The minimum absolute atomic E-state index is 0.0332. The highest BCUT2D eigenvalue weighted by molar-refractivity contribution is 5.84. The largest absolute Gasteiger partial charge is 0.464 e. The average molecular weight is 266 g/mol. The van der Waals surface area contributed by atoms with E-state index in [1.807, 2.05) is 12.1 Å². The van der Waals surface area contributed by atoms with Crippen molar-refractivity contribution in [3.63, 3.8) is 0 Å². The summed E-state index contributed by atoms with van der Waals surface area (Å²) in [6, 6.07) is 11.5. The Morgan fingerprint density at radius 3 is 2.47 bits per heavy atom. The van der Waals surface area contributed by atoms with Crippen molar-refractivity contribution in [2.75, 3.05) is 7.11 Å². The minimum Gasteiger partial charge on any atom is -0.464 e. The number of carbonyl (C=O) groups is 1. The summed E-state index contributed by atoms with van der Waals surface area (Å²) < 4.78 is 31.1. The first-order valence-electron chi connectivity index (χ1n) is 5.60. The lowest BCUT2D eigenvalue weighted by molar-refractivity contribution is -0.186. The van der Waals surface area contributed by atoms with Crippen LogP contribution in [-0.2, 0) is 9.53 Å². The van der Waals surface area contributed by atoms with Crippen LogP contribution in [0.25, 0.3) is 10.8 Å². The van der Waals surface area contributed by atoms with Gasteiger partial charge in [0.05, 0.1) is 7.11 Å². The molecule has 0 spiro atoms. The number of benzene rings is 2. The molecule has 100 valence electrons. The molecular weight excluding hydrogens is 254 g/mol. The van der Waals surface area contributed by atoms with Crippen LogP contribution >= 0.6 is 0 Å². The molecule has 0 saturated heterocycles. The molecule has 0 fully saturated rings. The maximum Gasteiger partial charge on any atom is 0.379 e. The third-order valence-corrected chi connectivity index (χ3v) is 2.89. The summed E-state index contributed by atoms with van der Waals surface area (Å²) in [4.78, 5) is 11.0.